The summed E-state index contributed by atoms with van der Waals surface area (Å²) in [6, 6.07) is 15.3. The molecule has 0 N–H and O–H groups in total. The number of amides is 2. The van der Waals surface area contributed by atoms with Crippen LogP contribution in [0.15, 0.2) is 53.0 Å². The van der Waals surface area contributed by atoms with Gasteiger partial charge in [-0.3, -0.25) is 14.5 Å². The molecule has 2 aromatic rings. The number of hydrogen-bond acceptors (Lipinski definition) is 4. The third-order valence-electron chi connectivity index (χ3n) is 3.92. The van der Waals surface area contributed by atoms with Crippen LogP contribution < -0.4 is 4.74 Å². The van der Waals surface area contributed by atoms with Crippen LogP contribution in [0.25, 0.3) is 0 Å². The first-order valence-corrected chi connectivity index (χ1v) is 9.73. The van der Waals surface area contributed by atoms with E-state index >= 15 is 0 Å². The van der Waals surface area contributed by atoms with Gasteiger partial charge in [0.25, 0.3) is 5.24 Å². The fraction of sp³-hybridized carbons (Fsp3) is 0.263. The van der Waals surface area contributed by atoms with Gasteiger partial charge in [0.2, 0.25) is 5.91 Å². The van der Waals surface area contributed by atoms with Crippen LogP contribution in [0.2, 0.25) is 0 Å². The van der Waals surface area contributed by atoms with Gasteiger partial charge in [-0.1, -0.05) is 58.0 Å². The minimum atomic E-state index is -0.412. The fourth-order valence-electron chi connectivity index (χ4n) is 2.74. The van der Waals surface area contributed by atoms with E-state index in [2.05, 4.69) is 15.9 Å². The molecule has 0 aromatic heterocycles. The van der Waals surface area contributed by atoms with Crippen molar-refractivity contribution in [3.05, 3.63) is 64.1 Å². The number of rotatable bonds is 6. The zero-order valence-corrected chi connectivity index (χ0v) is 16.2. The van der Waals surface area contributed by atoms with E-state index in [0.717, 1.165) is 33.1 Å². The number of hydrogen-bond donors (Lipinski definition) is 0. The monoisotopic (exact) mass is 419 g/mol. The normalized spacial score (nSPS) is 17.2. The van der Waals surface area contributed by atoms with Crippen LogP contribution in [0.4, 0.5) is 4.79 Å². The summed E-state index contributed by atoms with van der Waals surface area (Å²) in [7, 11) is 0. The number of nitrogens with zero attached hydrogens (tertiary/aromatic N) is 1. The molecular formula is C19H18BrNO3S. The summed E-state index contributed by atoms with van der Waals surface area (Å²) in [5, 5.41) is -0.600. The molecule has 1 aliphatic rings. The van der Waals surface area contributed by atoms with Crippen molar-refractivity contribution in [2.75, 3.05) is 6.61 Å². The summed E-state index contributed by atoms with van der Waals surface area (Å²) in [6.07, 6.45) is 0.468. The van der Waals surface area contributed by atoms with Crippen LogP contribution in [0, 0.1) is 0 Å². The summed E-state index contributed by atoms with van der Waals surface area (Å²) in [4.78, 5) is 26.3. The van der Waals surface area contributed by atoms with Crippen molar-refractivity contribution in [2.45, 2.75) is 25.1 Å². The standard InChI is InChI=1S/C19H18BrNO3S/c1-2-24-16-9-8-15(20)10-14(16)11-17-18(22)21(19(23)25-17)12-13-6-4-3-5-7-13/h3-10,17H,2,11-12H2,1H3/t17-/m0/s1. The highest BCUT2D eigenvalue weighted by atomic mass is 79.9. The molecule has 0 saturated carbocycles. The SMILES string of the molecule is CCOc1ccc(Br)cc1C[C@@H]1SC(=O)N(Cc2ccccc2)C1=O. The van der Waals surface area contributed by atoms with Crippen LogP contribution in [0.1, 0.15) is 18.1 Å². The molecule has 1 saturated heterocycles. The number of imide groups is 1. The van der Waals surface area contributed by atoms with E-state index in [4.69, 9.17) is 4.74 Å². The molecule has 2 amide bonds. The molecule has 1 heterocycles. The molecule has 1 aliphatic heterocycles. The molecule has 0 spiro atoms. The van der Waals surface area contributed by atoms with Gasteiger partial charge in [0.05, 0.1) is 18.4 Å². The Labute approximate surface area is 159 Å². The number of ether oxygens (including phenoxy) is 1. The Morgan fingerprint density at radius 3 is 2.64 bits per heavy atom. The predicted molar refractivity (Wildman–Crippen MR) is 103 cm³/mol. The Bertz CT molecular complexity index is 781. The summed E-state index contributed by atoms with van der Waals surface area (Å²) < 4.78 is 6.57. The number of carbonyl (C=O) groups excluding carboxylic acids is 2. The van der Waals surface area contributed by atoms with Gasteiger partial charge in [-0.2, -0.15) is 0 Å². The highest BCUT2D eigenvalue weighted by Crippen LogP contribution is 2.34. The molecule has 0 unspecified atom stereocenters. The third kappa shape index (κ3) is 4.25. The highest BCUT2D eigenvalue weighted by molar-refractivity contribution is 9.10. The molecular weight excluding hydrogens is 402 g/mol. The number of carbonyl (C=O) groups is 2. The molecule has 6 heteroatoms. The van der Waals surface area contributed by atoms with E-state index in [-0.39, 0.29) is 11.1 Å². The van der Waals surface area contributed by atoms with Crippen molar-refractivity contribution in [2.24, 2.45) is 0 Å². The van der Waals surface area contributed by atoms with Gasteiger partial charge in [0.15, 0.2) is 0 Å². The van der Waals surface area contributed by atoms with Crippen molar-refractivity contribution in [3.8, 4) is 5.75 Å². The number of benzene rings is 2. The molecule has 0 aliphatic carbocycles. The molecule has 130 valence electrons. The Morgan fingerprint density at radius 2 is 1.92 bits per heavy atom. The zero-order chi connectivity index (χ0) is 17.8. The Hall–Kier alpha value is -1.79. The summed E-state index contributed by atoms with van der Waals surface area (Å²) >= 11 is 4.55. The van der Waals surface area contributed by atoms with E-state index in [1.54, 1.807) is 0 Å². The summed E-state index contributed by atoms with van der Waals surface area (Å²) in [6.45, 7) is 2.80. The highest BCUT2D eigenvalue weighted by Gasteiger charge is 2.39. The van der Waals surface area contributed by atoms with Crippen LogP contribution in [0.5, 0.6) is 5.75 Å². The maximum absolute atomic E-state index is 12.7. The molecule has 0 radical (unpaired) electrons. The van der Waals surface area contributed by atoms with Crippen LogP contribution in [-0.2, 0) is 17.8 Å². The second kappa shape index (κ2) is 8.06. The Kier molecular flexibility index (Phi) is 5.81. The average Bonchev–Trinajstić information content (AvgIpc) is 2.86. The van der Waals surface area contributed by atoms with E-state index < -0.39 is 5.25 Å². The summed E-state index contributed by atoms with van der Waals surface area (Å²) in [5.41, 5.74) is 1.87. The van der Waals surface area contributed by atoms with E-state index in [1.165, 1.54) is 4.90 Å². The van der Waals surface area contributed by atoms with Gasteiger partial charge in [0.1, 0.15) is 5.75 Å². The van der Waals surface area contributed by atoms with Crippen LogP contribution >= 0.6 is 27.7 Å². The first kappa shape index (κ1) is 18.0. The van der Waals surface area contributed by atoms with Crippen LogP contribution in [-0.4, -0.2) is 27.9 Å². The third-order valence-corrected chi connectivity index (χ3v) is 5.48. The van der Waals surface area contributed by atoms with Crippen molar-refractivity contribution in [1.29, 1.82) is 0 Å². The summed E-state index contributed by atoms with van der Waals surface area (Å²) in [5.74, 6) is 0.620. The average molecular weight is 420 g/mol. The van der Waals surface area contributed by atoms with Gasteiger partial charge in [-0.15, -0.1) is 0 Å². The van der Waals surface area contributed by atoms with E-state index in [0.29, 0.717) is 19.6 Å². The molecule has 4 nitrogen and oxygen atoms in total. The minimum absolute atomic E-state index is 0.138. The molecule has 25 heavy (non-hydrogen) atoms. The van der Waals surface area contributed by atoms with Gasteiger partial charge in [-0.05, 0) is 42.7 Å². The van der Waals surface area contributed by atoms with Gasteiger partial charge in [0, 0.05) is 4.47 Å². The smallest absolute Gasteiger partial charge is 0.289 e. The number of thioether (sulfide) groups is 1. The quantitative estimate of drug-likeness (QED) is 0.683. The van der Waals surface area contributed by atoms with E-state index in [1.807, 2.05) is 55.5 Å². The lowest BCUT2D eigenvalue weighted by Crippen LogP contribution is -2.31. The van der Waals surface area contributed by atoms with Crippen molar-refractivity contribution >= 4 is 38.8 Å². The largest absolute Gasteiger partial charge is 0.494 e. The van der Waals surface area contributed by atoms with Gasteiger partial charge >= 0.3 is 0 Å². The lowest BCUT2D eigenvalue weighted by atomic mass is 10.1. The first-order valence-electron chi connectivity index (χ1n) is 8.05. The molecule has 1 atom stereocenters. The van der Waals surface area contributed by atoms with Gasteiger partial charge in [-0.25, -0.2) is 0 Å². The van der Waals surface area contributed by atoms with Crippen LogP contribution in [0.3, 0.4) is 0 Å². The van der Waals surface area contributed by atoms with E-state index in [9.17, 15) is 9.59 Å². The number of halogens is 1. The topological polar surface area (TPSA) is 46.6 Å². The van der Waals surface area contributed by atoms with Crippen molar-refractivity contribution in [3.63, 3.8) is 0 Å². The fourth-order valence-corrected chi connectivity index (χ4v) is 4.17. The minimum Gasteiger partial charge on any atom is -0.494 e. The Morgan fingerprint density at radius 1 is 1.16 bits per heavy atom. The lowest BCUT2D eigenvalue weighted by molar-refractivity contribution is -0.127. The van der Waals surface area contributed by atoms with Crippen molar-refractivity contribution < 1.29 is 14.3 Å². The molecule has 3 rings (SSSR count). The Balaban J connectivity index is 1.75. The first-order chi connectivity index (χ1) is 12.1. The zero-order valence-electron chi connectivity index (χ0n) is 13.8. The second-order valence-electron chi connectivity index (χ2n) is 5.67. The maximum atomic E-state index is 12.7. The molecule has 1 fully saturated rings. The maximum Gasteiger partial charge on any atom is 0.289 e. The molecule has 0 bridgehead atoms. The van der Waals surface area contributed by atoms with Crippen molar-refractivity contribution in [1.82, 2.24) is 4.90 Å². The second-order valence-corrected chi connectivity index (χ2v) is 7.74. The lowest BCUT2D eigenvalue weighted by Gasteiger charge is -2.15. The predicted octanol–water partition coefficient (Wildman–Crippen LogP) is 4.65. The van der Waals surface area contributed by atoms with Gasteiger partial charge < -0.3 is 4.74 Å². The molecule has 2 aromatic carbocycles.